The number of thioether (sulfide) groups is 1. The Bertz CT molecular complexity index is 1590. The standard InChI is InChI=1S/C26H17ClN6OS/c27-19-9-7-16(8-10-19)14-32-15-18(20-5-1-2-6-22(20)32)12-21-23(28)33-26(30-24(21)34)35-25(31-33)17-4-3-11-29-13-17/h1-13,15,28H,14H2/b21-12+,28-23?. The summed E-state index contributed by atoms with van der Waals surface area (Å²) in [5, 5.41) is 17.4. The van der Waals surface area contributed by atoms with Gasteiger partial charge in [0.25, 0.3) is 5.91 Å². The third-order valence-electron chi connectivity index (χ3n) is 5.75. The van der Waals surface area contributed by atoms with Crippen molar-refractivity contribution in [2.75, 3.05) is 0 Å². The summed E-state index contributed by atoms with van der Waals surface area (Å²) in [6.07, 6.45) is 7.11. The molecule has 4 aromatic rings. The van der Waals surface area contributed by atoms with Gasteiger partial charge in [0, 0.05) is 52.2 Å². The number of nitrogens with zero attached hydrogens (tertiary/aromatic N) is 5. The van der Waals surface area contributed by atoms with Gasteiger partial charge in [-0.2, -0.15) is 15.1 Å². The Morgan fingerprint density at radius 2 is 1.89 bits per heavy atom. The summed E-state index contributed by atoms with van der Waals surface area (Å²) in [5.74, 6) is -0.452. The highest BCUT2D eigenvalue weighted by Gasteiger charge is 2.36. The summed E-state index contributed by atoms with van der Waals surface area (Å²) in [6.45, 7) is 0.649. The Morgan fingerprint density at radius 1 is 1.06 bits per heavy atom. The van der Waals surface area contributed by atoms with Gasteiger partial charge in [-0.05, 0) is 53.7 Å². The fraction of sp³-hybridized carbons (Fsp3) is 0.0385. The van der Waals surface area contributed by atoms with Crippen LogP contribution < -0.4 is 0 Å². The lowest BCUT2D eigenvalue weighted by Gasteiger charge is -2.20. The van der Waals surface area contributed by atoms with Crippen LogP contribution in [0.2, 0.25) is 5.02 Å². The van der Waals surface area contributed by atoms with E-state index in [9.17, 15) is 4.79 Å². The minimum atomic E-state index is -0.453. The molecule has 0 aliphatic carbocycles. The quantitative estimate of drug-likeness (QED) is 0.383. The van der Waals surface area contributed by atoms with Crippen molar-refractivity contribution in [3.8, 4) is 0 Å². The minimum Gasteiger partial charge on any atom is -0.342 e. The molecule has 9 heteroatoms. The van der Waals surface area contributed by atoms with E-state index in [1.54, 1.807) is 18.5 Å². The van der Waals surface area contributed by atoms with Crippen molar-refractivity contribution in [1.82, 2.24) is 14.6 Å². The van der Waals surface area contributed by atoms with Crippen LogP contribution in [-0.4, -0.2) is 36.5 Å². The predicted octanol–water partition coefficient (Wildman–Crippen LogP) is 5.41. The molecule has 6 rings (SSSR count). The van der Waals surface area contributed by atoms with E-state index in [4.69, 9.17) is 17.0 Å². The molecule has 0 spiro atoms. The normalized spacial score (nSPS) is 16.6. The van der Waals surface area contributed by atoms with E-state index < -0.39 is 5.91 Å². The maximum atomic E-state index is 12.9. The first-order chi connectivity index (χ1) is 17.1. The first-order valence-corrected chi connectivity index (χ1v) is 12.0. The number of halogens is 1. The largest absolute Gasteiger partial charge is 0.342 e. The fourth-order valence-corrected chi connectivity index (χ4v) is 5.07. The monoisotopic (exact) mass is 496 g/mol. The molecule has 1 N–H and O–H groups in total. The summed E-state index contributed by atoms with van der Waals surface area (Å²) in [4.78, 5) is 21.3. The first kappa shape index (κ1) is 21.5. The number of rotatable bonds is 4. The van der Waals surface area contributed by atoms with Gasteiger partial charge in [-0.15, -0.1) is 0 Å². The zero-order chi connectivity index (χ0) is 23.9. The van der Waals surface area contributed by atoms with Gasteiger partial charge in [0.15, 0.2) is 5.84 Å². The van der Waals surface area contributed by atoms with E-state index in [1.807, 2.05) is 66.9 Å². The number of nitrogens with one attached hydrogen (secondary N) is 1. The molecule has 0 atom stereocenters. The number of aliphatic imine (C=N–C) groups is 1. The molecule has 0 unspecified atom stereocenters. The number of benzene rings is 2. The van der Waals surface area contributed by atoms with Crippen molar-refractivity contribution in [2.45, 2.75) is 6.54 Å². The van der Waals surface area contributed by atoms with Crippen molar-refractivity contribution in [1.29, 1.82) is 5.41 Å². The van der Waals surface area contributed by atoms with Gasteiger partial charge in [0.1, 0.15) is 5.04 Å². The van der Waals surface area contributed by atoms with E-state index in [-0.39, 0.29) is 11.4 Å². The van der Waals surface area contributed by atoms with Crippen molar-refractivity contribution in [3.63, 3.8) is 0 Å². The molecule has 0 saturated carbocycles. The Hall–Kier alpha value is -4.01. The molecule has 35 heavy (non-hydrogen) atoms. The average Bonchev–Trinajstić information content (AvgIpc) is 3.46. The Balaban J connectivity index is 1.37. The summed E-state index contributed by atoms with van der Waals surface area (Å²) >= 11 is 7.29. The van der Waals surface area contributed by atoms with Crippen LogP contribution in [0.5, 0.6) is 0 Å². The Morgan fingerprint density at radius 3 is 2.69 bits per heavy atom. The second kappa shape index (κ2) is 8.65. The highest BCUT2D eigenvalue weighted by Crippen LogP contribution is 2.32. The van der Waals surface area contributed by atoms with Crippen LogP contribution in [0.1, 0.15) is 16.7 Å². The number of amidine groups is 2. The lowest BCUT2D eigenvalue weighted by molar-refractivity contribution is -0.114. The maximum Gasteiger partial charge on any atom is 0.283 e. The molecule has 7 nitrogen and oxygen atoms in total. The van der Waals surface area contributed by atoms with Crippen LogP contribution in [0, 0.1) is 5.41 Å². The van der Waals surface area contributed by atoms with E-state index >= 15 is 0 Å². The fourth-order valence-electron chi connectivity index (χ4n) is 4.06. The molecule has 2 aromatic carbocycles. The molecule has 2 aliphatic rings. The van der Waals surface area contributed by atoms with Crippen LogP contribution in [-0.2, 0) is 11.3 Å². The molecule has 2 aliphatic heterocycles. The van der Waals surface area contributed by atoms with Gasteiger partial charge in [-0.1, -0.05) is 41.9 Å². The van der Waals surface area contributed by atoms with Crippen LogP contribution in [0.25, 0.3) is 17.0 Å². The predicted molar refractivity (Wildman–Crippen MR) is 141 cm³/mol. The highest BCUT2D eigenvalue weighted by molar-refractivity contribution is 8.27. The lowest BCUT2D eigenvalue weighted by atomic mass is 10.1. The number of carbonyl (C=O) groups excluding carboxylic acids is 1. The zero-order valence-electron chi connectivity index (χ0n) is 18.2. The minimum absolute atomic E-state index is 0.000854. The van der Waals surface area contributed by atoms with Gasteiger partial charge in [0.05, 0.1) is 5.57 Å². The van der Waals surface area contributed by atoms with Crippen LogP contribution in [0.3, 0.4) is 0 Å². The summed E-state index contributed by atoms with van der Waals surface area (Å²) < 4.78 is 2.13. The molecule has 170 valence electrons. The van der Waals surface area contributed by atoms with E-state index in [2.05, 4.69) is 19.6 Å². The number of fused-ring (bicyclic) bond motifs is 2. The van der Waals surface area contributed by atoms with Gasteiger partial charge in [0.2, 0.25) is 5.17 Å². The van der Waals surface area contributed by atoms with Crippen molar-refractivity contribution >= 4 is 62.3 Å². The van der Waals surface area contributed by atoms with Crippen LogP contribution >= 0.6 is 23.4 Å². The first-order valence-electron chi connectivity index (χ1n) is 10.8. The van der Waals surface area contributed by atoms with E-state index in [0.29, 0.717) is 21.8 Å². The zero-order valence-corrected chi connectivity index (χ0v) is 19.8. The third kappa shape index (κ3) is 3.96. The molecule has 0 fully saturated rings. The Labute approximate surface area is 210 Å². The molecule has 0 bridgehead atoms. The lowest BCUT2D eigenvalue weighted by Crippen LogP contribution is -2.35. The van der Waals surface area contributed by atoms with Crippen LogP contribution in [0.4, 0.5) is 0 Å². The molecule has 1 amide bonds. The van der Waals surface area contributed by atoms with Gasteiger partial charge in [-0.3, -0.25) is 15.2 Å². The number of hydrogen-bond donors (Lipinski definition) is 1. The van der Waals surface area contributed by atoms with Crippen LogP contribution in [0.15, 0.2) is 94.9 Å². The second-order valence-electron chi connectivity index (χ2n) is 8.02. The van der Waals surface area contributed by atoms with Crippen molar-refractivity contribution in [2.24, 2.45) is 10.1 Å². The molecular weight excluding hydrogens is 480 g/mol. The third-order valence-corrected chi connectivity index (χ3v) is 6.96. The number of hydrazone groups is 1. The summed E-state index contributed by atoms with van der Waals surface area (Å²) in [7, 11) is 0. The van der Waals surface area contributed by atoms with E-state index in [0.717, 1.165) is 27.6 Å². The van der Waals surface area contributed by atoms with Gasteiger partial charge in [-0.25, -0.2) is 0 Å². The number of amides is 1. The topological polar surface area (TPSA) is 86.7 Å². The average molecular weight is 497 g/mol. The molecule has 0 radical (unpaired) electrons. The molecule has 2 aromatic heterocycles. The van der Waals surface area contributed by atoms with Crippen molar-refractivity contribution < 1.29 is 4.79 Å². The Kier molecular flexibility index (Phi) is 5.32. The van der Waals surface area contributed by atoms with Gasteiger partial charge >= 0.3 is 0 Å². The number of hydrogen-bond acceptors (Lipinski definition) is 5. The number of aromatic nitrogens is 2. The highest BCUT2D eigenvalue weighted by atomic mass is 35.5. The van der Waals surface area contributed by atoms with E-state index in [1.165, 1.54) is 16.8 Å². The number of carbonyl (C=O) groups is 1. The molecular formula is C26H17ClN6OS. The summed E-state index contributed by atoms with van der Waals surface area (Å²) in [6, 6.07) is 19.4. The maximum absolute atomic E-state index is 12.9. The summed E-state index contributed by atoms with van der Waals surface area (Å²) in [5.41, 5.74) is 3.98. The smallest absolute Gasteiger partial charge is 0.283 e. The molecule has 4 heterocycles. The van der Waals surface area contributed by atoms with Crippen molar-refractivity contribution in [3.05, 3.63) is 107 Å². The van der Waals surface area contributed by atoms with Gasteiger partial charge < -0.3 is 4.57 Å². The number of para-hydroxylation sites is 1. The number of pyridine rings is 1. The second-order valence-corrected chi connectivity index (χ2v) is 9.42. The SMILES string of the molecule is N=C1/C(=C\c2cn(Cc3ccc(Cl)cc3)c3ccccc23)C(=O)N=C2SC(c3cccnc3)=NN12. The molecule has 0 saturated heterocycles.